The van der Waals surface area contributed by atoms with Crippen LogP contribution in [0.15, 0.2) is 76.1 Å². The summed E-state index contributed by atoms with van der Waals surface area (Å²) in [4.78, 5) is 31.1. The second kappa shape index (κ2) is 18.8. The van der Waals surface area contributed by atoms with Crippen LogP contribution >= 0.6 is 0 Å². The average Bonchev–Trinajstić information content (AvgIpc) is 3.51. The Morgan fingerprint density at radius 2 is 1.82 bits per heavy atom. The summed E-state index contributed by atoms with van der Waals surface area (Å²) < 4.78 is 47.3. The van der Waals surface area contributed by atoms with Crippen molar-refractivity contribution in [3.8, 4) is 5.75 Å². The van der Waals surface area contributed by atoms with E-state index < -0.39 is 22.0 Å². The summed E-state index contributed by atoms with van der Waals surface area (Å²) >= 11 is 0. The molecule has 56 heavy (non-hydrogen) atoms. The third kappa shape index (κ3) is 10.7. The Bertz CT molecular complexity index is 2050. The summed E-state index contributed by atoms with van der Waals surface area (Å²) in [5, 5.41) is 17.0. The van der Waals surface area contributed by atoms with Crippen LogP contribution in [0, 0.1) is 19.8 Å². The van der Waals surface area contributed by atoms with Crippen LogP contribution in [0.4, 0.5) is 17.1 Å². The minimum Gasteiger partial charge on any atom is -0.490 e. The van der Waals surface area contributed by atoms with E-state index in [2.05, 4.69) is 20.1 Å². The number of para-hydroxylation sites is 2. The van der Waals surface area contributed by atoms with Gasteiger partial charge in [0.15, 0.2) is 10.7 Å². The highest BCUT2D eigenvalue weighted by Gasteiger charge is 2.31. The highest BCUT2D eigenvalue weighted by atomic mass is 32.2. The third-order valence-corrected chi connectivity index (χ3v) is 11.5. The number of aliphatic hydroxyl groups excluding tert-OH is 1. The molecule has 4 atom stereocenters. The zero-order chi connectivity index (χ0) is 40.6. The van der Waals surface area contributed by atoms with Gasteiger partial charge in [-0.15, -0.1) is 0 Å². The van der Waals surface area contributed by atoms with Gasteiger partial charge in [0, 0.05) is 43.4 Å². The van der Waals surface area contributed by atoms with Crippen molar-refractivity contribution in [2.24, 2.45) is 5.92 Å². The molecule has 2 amide bonds. The maximum atomic E-state index is 14.5. The van der Waals surface area contributed by atoms with E-state index in [1.165, 1.54) is 13.0 Å². The second-order valence-electron chi connectivity index (χ2n) is 14.7. The van der Waals surface area contributed by atoms with Crippen molar-refractivity contribution >= 4 is 38.9 Å². The van der Waals surface area contributed by atoms with Gasteiger partial charge in [0.25, 0.3) is 21.8 Å². The fraction of sp³-hybridized carbons (Fsp3) is 0.439. The molecule has 1 aliphatic rings. The Labute approximate surface area is 329 Å². The number of nitrogen functional groups attached to an aromatic ring is 1. The highest BCUT2D eigenvalue weighted by Crippen LogP contribution is 2.30. The minimum absolute atomic E-state index is 0.0663. The Kier molecular flexibility index (Phi) is 14.2. The van der Waals surface area contributed by atoms with Crippen LogP contribution in [0.25, 0.3) is 0 Å². The first-order valence-electron chi connectivity index (χ1n) is 18.9. The Morgan fingerprint density at radius 1 is 1.09 bits per heavy atom. The number of aromatic nitrogens is 1. The number of hydrogen-bond acceptors (Lipinski definition) is 11. The predicted octanol–water partition coefficient (Wildman–Crippen LogP) is 5.85. The number of anilines is 3. The van der Waals surface area contributed by atoms with E-state index in [-0.39, 0.29) is 64.8 Å². The van der Waals surface area contributed by atoms with E-state index in [0.717, 1.165) is 18.4 Å². The SMILES string of the molecule is Cc1noc(C)c1S(=O)(=O)Nc1ccc2c(c1)C(=O)N([C@H](C)CO)C[C@H](C)[C@@H](CN(C)Cc1ccc(C(=O)Nc3ccccc3N)cc1)OCCCC[C@@H](C)O2. The van der Waals surface area contributed by atoms with Crippen LogP contribution in [0.1, 0.15) is 77.8 Å². The first-order valence-corrected chi connectivity index (χ1v) is 20.4. The second-order valence-corrected chi connectivity index (χ2v) is 16.3. The number of aliphatic hydroxyl groups is 1. The molecule has 0 saturated carbocycles. The van der Waals surface area contributed by atoms with Crippen molar-refractivity contribution in [3.05, 3.63) is 94.9 Å². The molecule has 0 bridgehead atoms. The molecule has 302 valence electrons. The van der Waals surface area contributed by atoms with Gasteiger partial charge < -0.3 is 35.1 Å². The van der Waals surface area contributed by atoms with Crippen molar-refractivity contribution in [3.63, 3.8) is 0 Å². The fourth-order valence-electron chi connectivity index (χ4n) is 6.76. The van der Waals surface area contributed by atoms with E-state index in [4.69, 9.17) is 19.7 Å². The van der Waals surface area contributed by atoms with E-state index in [1.54, 1.807) is 55.1 Å². The van der Waals surface area contributed by atoms with Crippen LogP contribution < -0.4 is 20.5 Å². The molecule has 15 heteroatoms. The molecule has 2 heterocycles. The van der Waals surface area contributed by atoms with Crippen LogP contribution in [-0.2, 0) is 21.3 Å². The molecule has 3 aromatic carbocycles. The van der Waals surface area contributed by atoms with Crippen molar-refractivity contribution < 1.29 is 37.1 Å². The van der Waals surface area contributed by atoms with E-state index in [9.17, 15) is 23.1 Å². The molecule has 14 nitrogen and oxygen atoms in total. The largest absolute Gasteiger partial charge is 0.490 e. The van der Waals surface area contributed by atoms with Crippen molar-refractivity contribution in [2.45, 2.75) is 83.6 Å². The molecule has 1 aromatic heterocycles. The number of fused-ring (bicyclic) bond motifs is 1. The first-order chi connectivity index (χ1) is 26.7. The molecule has 0 saturated heterocycles. The summed E-state index contributed by atoms with van der Waals surface area (Å²) in [5.74, 6) is -0.364. The quantitative estimate of drug-likeness (QED) is 0.133. The number of rotatable bonds is 11. The number of hydrogen-bond donors (Lipinski definition) is 4. The molecule has 0 unspecified atom stereocenters. The molecule has 5 N–H and O–H groups in total. The van der Waals surface area contributed by atoms with E-state index in [1.807, 2.05) is 45.2 Å². The van der Waals surface area contributed by atoms with Gasteiger partial charge in [0.1, 0.15) is 11.4 Å². The zero-order valence-corrected chi connectivity index (χ0v) is 33.8. The summed E-state index contributed by atoms with van der Waals surface area (Å²) in [6.07, 6.45) is 1.84. The van der Waals surface area contributed by atoms with Crippen LogP contribution in [0.5, 0.6) is 5.75 Å². The van der Waals surface area contributed by atoms with E-state index >= 15 is 0 Å². The van der Waals surface area contributed by atoms with Gasteiger partial charge in [-0.25, -0.2) is 8.42 Å². The Morgan fingerprint density at radius 3 is 2.50 bits per heavy atom. The molecule has 0 aliphatic carbocycles. The monoisotopic (exact) mass is 790 g/mol. The number of likely N-dealkylation sites (N-methyl/N-ethyl adjacent to an activating group) is 1. The molecule has 1 aliphatic heterocycles. The van der Waals surface area contributed by atoms with Gasteiger partial charge in [-0.1, -0.05) is 36.3 Å². The predicted molar refractivity (Wildman–Crippen MR) is 215 cm³/mol. The molecule has 0 fully saturated rings. The lowest BCUT2D eigenvalue weighted by Crippen LogP contribution is -2.47. The van der Waals surface area contributed by atoms with Crippen LogP contribution in [0.3, 0.4) is 0 Å². The minimum atomic E-state index is -4.09. The van der Waals surface area contributed by atoms with Crippen molar-refractivity contribution in [2.75, 3.05) is 49.1 Å². The van der Waals surface area contributed by atoms with Gasteiger partial charge in [0.05, 0.1) is 41.8 Å². The number of benzene rings is 3. The maximum Gasteiger partial charge on any atom is 0.267 e. The fourth-order valence-corrected chi connectivity index (χ4v) is 8.14. The number of aryl methyl sites for hydroxylation is 2. The van der Waals surface area contributed by atoms with Gasteiger partial charge in [-0.2, -0.15) is 0 Å². The van der Waals surface area contributed by atoms with Crippen molar-refractivity contribution in [1.82, 2.24) is 15.0 Å². The highest BCUT2D eigenvalue weighted by molar-refractivity contribution is 7.92. The first kappa shape index (κ1) is 42.2. The molecule has 5 rings (SSSR count). The molecule has 0 radical (unpaired) electrons. The molecule has 4 aromatic rings. The number of amides is 2. The third-order valence-electron chi connectivity index (χ3n) is 9.91. The lowest BCUT2D eigenvalue weighted by Gasteiger charge is -2.36. The van der Waals surface area contributed by atoms with Gasteiger partial charge >= 0.3 is 0 Å². The van der Waals surface area contributed by atoms with Gasteiger partial charge in [-0.3, -0.25) is 19.2 Å². The Hall–Kier alpha value is -4.96. The normalized spacial score (nSPS) is 19.1. The summed E-state index contributed by atoms with van der Waals surface area (Å²) in [7, 11) is -2.09. The summed E-state index contributed by atoms with van der Waals surface area (Å²) in [5.41, 5.74) is 9.10. The lowest BCUT2D eigenvalue weighted by atomic mass is 10.0. The lowest BCUT2D eigenvalue weighted by molar-refractivity contribution is -0.0177. The molecular formula is C41H54N6O8S. The van der Waals surface area contributed by atoms with E-state index in [0.29, 0.717) is 48.8 Å². The number of ether oxygens (including phenoxy) is 2. The number of nitrogens with two attached hydrogens (primary N) is 1. The smallest absolute Gasteiger partial charge is 0.267 e. The number of carbonyl (C=O) groups excluding carboxylic acids is 2. The maximum absolute atomic E-state index is 14.5. The molecule has 0 spiro atoms. The van der Waals surface area contributed by atoms with Crippen LogP contribution in [-0.4, -0.2) is 91.9 Å². The standard InChI is InChI=1S/C41H54N6O8S/c1-26-22-47(27(2)25-48)41(50)34-21-33(45-56(51,52)39-29(4)44-55-30(39)5)18-19-37(34)54-28(3)11-9-10-20-53-38(26)24-46(6)23-31-14-16-32(17-15-31)40(49)43-36-13-8-7-12-35(36)42/h7-8,12-19,21,26-28,38,45,48H,9-11,20,22-25,42H2,1-6H3,(H,43,49)/t26-,27+,28+,38+/m0/s1. The topological polar surface area (TPSA) is 190 Å². The number of carbonyl (C=O) groups is 2. The van der Waals surface area contributed by atoms with Gasteiger partial charge in [-0.05, 0) is 102 Å². The summed E-state index contributed by atoms with van der Waals surface area (Å²) in [6, 6.07) is 18.6. The molecular weight excluding hydrogens is 737 g/mol. The number of sulfonamides is 1. The average molecular weight is 791 g/mol. The summed E-state index contributed by atoms with van der Waals surface area (Å²) in [6.45, 7) is 10.4. The van der Waals surface area contributed by atoms with Crippen LogP contribution in [0.2, 0.25) is 0 Å². The number of nitrogens with zero attached hydrogens (tertiary/aromatic N) is 3. The van der Waals surface area contributed by atoms with Crippen molar-refractivity contribution in [1.29, 1.82) is 0 Å². The Balaban J connectivity index is 1.34. The van der Waals surface area contributed by atoms with Gasteiger partial charge in [0.2, 0.25) is 0 Å². The number of nitrogens with one attached hydrogen (secondary N) is 2. The zero-order valence-electron chi connectivity index (χ0n) is 32.9.